The zero-order valence-corrected chi connectivity index (χ0v) is 13.2. The average molecular weight is 337 g/mol. The van der Waals surface area contributed by atoms with Gasteiger partial charge < -0.3 is 32.7 Å². The van der Waals surface area contributed by atoms with Crippen molar-refractivity contribution in [2.75, 3.05) is 6.54 Å². The van der Waals surface area contributed by atoms with Crippen LogP contribution in [0.3, 0.4) is 0 Å². The van der Waals surface area contributed by atoms with Crippen molar-refractivity contribution in [2.24, 2.45) is 22.2 Å². The third kappa shape index (κ3) is 6.97. The molecule has 2 atom stereocenters. The summed E-state index contributed by atoms with van der Waals surface area (Å²) in [5.74, 6) is -1.67. The Morgan fingerprint density at radius 2 is 1.83 bits per heavy atom. The SMILES string of the molecule is NC(N)=NCCC[C@H](N)C(=O)N[C@H](Cc1ccc(O)cc1)C(=O)O. The number of benzene rings is 1. The van der Waals surface area contributed by atoms with Gasteiger partial charge in [0.15, 0.2) is 5.96 Å². The number of guanidine groups is 1. The molecule has 0 saturated carbocycles. The van der Waals surface area contributed by atoms with Gasteiger partial charge in [0, 0.05) is 13.0 Å². The van der Waals surface area contributed by atoms with Gasteiger partial charge in [-0.15, -0.1) is 0 Å². The molecule has 0 saturated heterocycles. The average Bonchev–Trinajstić information content (AvgIpc) is 2.52. The molecule has 0 aliphatic heterocycles. The minimum Gasteiger partial charge on any atom is -0.508 e. The van der Waals surface area contributed by atoms with Gasteiger partial charge in [0.25, 0.3) is 0 Å². The maximum Gasteiger partial charge on any atom is 0.326 e. The molecule has 24 heavy (non-hydrogen) atoms. The molecule has 9 nitrogen and oxygen atoms in total. The smallest absolute Gasteiger partial charge is 0.326 e. The summed E-state index contributed by atoms with van der Waals surface area (Å²) in [5.41, 5.74) is 16.8. The van der Waals surface area contributed by atoms with E-state index in [4.69, 9.17) is 17.2 Å². The number of carboxylic acids is 1. The number of nitrogens with two attached hydrogens (primary N) is 3. The summed E-state index contributed by atoms with van der Waals surface area (Å²) < 4.78 is 0. The van der Waals surface area contributed by atoms with Crippen molar-refractivity contribution in [3.05, 3.63) is 29.8 Å². The highest BCUT2D eigenvalue weighted by atomic mass is 16.4. The second-order valence-corrected chi connectivity index (χ2v) is 5.33. The van der Waals surface area contributed by atoms with Gasteiger partial charge in [-0.1, -0.05) is 12.1 Å². The minimum absolute atomic E-state index is 0.0344. The highest BCUT2D eigenvalue weighted by molar-refractivity contribution is 5.86. The van der Waals surface area contributed by atoms with Crippen LogP contribution in [0.2, 0.25) is 0 Å². The first kappa shape index (κ1) is 19.2. The van der Waals surface area contributed by atoms with Gasteiger partial charge >= 0.3 is 5.97 Å². The van der Waals surface area contributed by atoms with Gasteiger partial charge in [-0.3, -0.25) is 9.79 Å². The number of amides is 1. The molecule has 0 fully saturated rings. The summed E-state index contributed by atoms with van der Waals surface area (Å²) >= 11 is 0. The van der Waals surface area contributed by atoms with Crippen LogP contribution < -0.4 is 22.5 Å². The van der Waals surface area contributed by atoms with Crippen molar-refractivity contribution in [3.8, 4) is 5.75 Å². The Morgan fingerprint density at radius 1 is 1.21 bits per heavy atom. The Morgan fingerprint density at radius 3 is 2.38 bits per heavy atom. The molecule has 132 valence electrons. The van der Waals surface area contributed by atoms with Crippen LogP contribution in [0, 0.1) is 0 Å². The van der Waals surface area contributed by atoms with Gasteiger partial charge in [-0.25, -0.2) is 4.79 Å². The second kappa shape index (κ2) is 9.36. The fourth-order valence-electron chi connectivity index (χ4n) is 2.00. The molecule has 0 aliphatic rings. The zero-order valence-electron chi connectivity index (χ0n) is 13.2. The van der Waals surface area contributed by atoms with E-state index in [0.29, 0.717) is 24.9 Å². The van der Waals surface area contributed by atoms with Gasteiger partial charge in [0.05, 0.1) is 6.04 Å². The summed E-state index contributed by atoms with van der Waals surface area (Å²) in [7, 11) is 0. The number of rotatable bonds is 9. The fourth-order valence-corrected chi connectivity index (χ4v) is 2.00. The van der Waals surface area contributed by atoms with Gasteiger partial charge in [0.1, 0.15) is 11.8 Å². The number of hydrogen-bond acceptors (Lipinski definition) is 5. The van der Waals surface area contributed by atoms with Crippen molar-refractivity contribution in [1.82, 2.24) is 5.32 Å². The molecule has 0 aliphatic carbocycles. The zero-order chi connectivity index (χ0) is 18.1. The second-order valence-electron chi connectivity index (χ2n) is 5.33. The minimum atomic E-state index is -1.16. The summed E-state index contributed by atoms with van der Waals surface area (Å²) in [4.78, 5) is 27.1. The van der Waals surface area contributed by atoms with E-state index in [0.717, 1.165) is 0 Å². The number of hydrogen-bond donors (Lipinski definition) is 6. The highest BCUT2D eigenvalue weighted by Crippen LogP contribution is 2.11. The summed E-state index contributed by atoms with van der Waals surface area (Å²) in [5, 5.41) is 20.9. The van der Waals surface area contributed by atoms with Gasteiger partial charge in [-0.05, 0) is 30.5 Å². The van der Waals surface area contributed by atoms with Crippen LogP contribution in [0.1, 0.15) is 18.4 Å². The molecule has 9 heteroatoms. The molecule has 0 heterocycles. The molecule has 1 aromatic rings. The Labute approximate surface area is 139 Å². The first-order valence-electron chi connectivity index (χ1n) is 7.41. The summed E-state index contributed by atoms with van der Waals surface area (Å²) in [6.07, 6.45) is 0.915. The van der Waals surface area contributed by atoms with Crippen LogP contribution in [0.5, 0.6) is 5.75 Å². The van der Waals surface area contributed by atoms with E-state index in [1.807, 2.05) is 0 Å². The van der Waals surface area contributed by atoms with Crippen molar-refractivity contribution in [2.45, 2.75) is 31.3 Å². The number of phenolic OH excluding ortho intramolecular Hbond substituents is 1. The Balaban J connectivity index is 2.54. The topological polar surface area (TPSA) is 177 Å². The largest absolute Gasteiger partial charge is 0.508 e. The van der Waals surface area contributed by atoms with Crippen LogP contribution >= 0.6 is 0 Å². The Hall–Kier alpha value is -2.81. The molecule has 0 bridgehead atoms. The van der Waals surface area contributed by atoms with Crippen molar-refractivity contribution in [1.29, 1.82) is 0 Å². The third-order valence-corrected chi connectivity index (χ3v) is 3.30. The van der Waals surface area contributed by atoms with E-state index in [2.05, 4.69) is 10.3 Å². The van der Waals surface area contributed by atoms with Crippen LogP contribution in [-0.2, 0) is 16.0 Å². The van der Waals surface area contributed by atoms with Crippen molar-refractivity contribution < 1.29 is 19.8 Å². The molecule has 0 aromatic heterocycles. The predicted molar refractivity (Wildman–Crippen MR) is 89.3 cm³/mol. The molecule has 0 unspecified atom stereocenters. The predicted octanol–water partition coefficient (Wildman–Crippen LogP) is -1.11. The van der Waals surface area contributed by atoms with Crippen molar-refractivity contribution >= 4 is 17.8 Å². The number of carbonyl (C=O) groups excluding carboxylic acids is 1. The lowest BCUT2D eigenvalue weighted by Crippen LogP contribution is -2.49. The summed E-state index contributed by atoms with van der Waals surface area (Å²) in [6, 6.07) is 4.13. The third-order valence-electron chi connectivity index (χ3n) is 3.30. The molecular formula is C15H23N5O4. The maximum absolute atomic E-state index is 12.0. The van der Waals surface area contributed by atoms with Gasteiger partial charge in [0.2, 0.25) is 5.91 Å². The molecule has 0 spiro atoms. The first-order chi connectivity index (χ1) is 11.3. The number of carbonyl (C=O) groups is 2. The first-order valence-corrected chi connectivity index (χ1v) is 7.41. The Bertz CT molecular complexity index is 584. The van der Waals surface area contributed by atoms with E-state index in [1.54, 1.807) is 12.1 Å². The molecule has 1 amide bonds. The standard InChI is InChI=1S/C15H23N5O4/c16-11(2-1-7-19-15(17)18)13(22)20-12(14(23)24)8-9-3-5-10(21)6-4-9/h3-6,11-12,21H,1-2,7-8,16H2,(H,20,22)(H,23,24)(H4,17,18,19)/t11-,12+/m0/s1. The molecular weight excluding hydrogens is 314 g/mol. The van der Waals surface area contributed by atoms with Crippen LogP contribution in [0.25, 0.3) is 0 Å². The van der Waals surface area contributed by atoms with Crippen molar-refractivity contribution in [3.63, 3.8) is 0 Å². The number of aromatic hydroxyl groups is 1. The number of nitrogens with zero attached hydrogens (tertiary/aromatic N) is 1. The number of aliphatic imine (C=N–C) groups is 1. The lowest BCUT2D eigenvalue weighted by molar-refractivity contribution is -0.142. The van der Waals surface area contributed by atoms with E-state index < -0.39 is 24.0 Å². The maximum atomic E-state index is 12.0. The number of phenols is 1. The van der Waals surface area contributed by atoms with E-state index in [-0.39, 0.29) is 18.1 Å². The van der Waals surface area contributed by atoms with E-state index >= 15 is 0 Å². The quantitative estimate of drug-likeness (QED) is 0.188. The van der Waals surface area contributed by atoms with Crippen LogP contribution in [0.4, 0.5) is 0 Å². The number of aliphatic carboxylic acids is 1. The lowest BCUT2D eigenvalue weighted by Gasteiger charge is -2.18. The fraction of sp³-hybridized carbons (Fsp3) is 0.400. The number of nitrogens with one attached hydrogen (secondary N) is 1. The van der Waals surface area contributed by atoms with Crippen LogP contribution in [-0.4, -0.2) is 46.7 Å². The van der Waals surface area contributed by atoms with Gasteiger partial charge in [-0.2, -0.15) is 0 Å². The Kier molecular flexibility index (Phi) is 7.50. The molecule has 0 radical (unpaired) electrons. The van der Waals surface area contributed by atoms with E-state index in [1.165, 1.54) is 12.1 Å². The number of carboxylic acid groups (broad SMARTS) is 1. The van der Waals surface area contributed by atoms with E-state index in [9.17, 15) is 19.8 Å². The summed E-state index contributed by atoms with van der Waals surface area (Å²) in [6.45, 7) is 0.346. The molecule has 9 N–H and O–H groups in total. The highest BCUT2D eigenvalue weighted by Gasteiger charge is 2.23. The molecule has 1 aromatic carbocycles. The molecule has 1 rings (SSSR count). The monoisotopic (exact) mass is 337 g/mol. The lowest BCUT2D eigenvalue weighted by atomic mass is 10.0. The normalized spacial score (nSPS) is 12.9. The van der Waals surface area contributed by atoms with Crippen LogP contribution in [0.15, 0.2) is 29.3 Å².